The molecule has 1 aliphatic heterocycles. The maximum atomic E-state index is 13.8. The standard InChI is InChI=1S/C31H43N5O6/c1-20(2)14-24-17-36(18-28(32)37)19-29(38)33-13-5-6-22-16-23(9-12-27(22)42-4)30(39)35-26(31(40)34-24)15-21-7-10-25(41-3)11-8-21/h7-12,16,20,24,26H,5-6,13-15,17-19H2,1-4H3,(H2,32,37)(H,33,38)(H,34,40)(H,35,39)/t24-,26-/m0/s1. The van der Waals surface area contributed by atoms with E-state index in [0.717, 1.165) is 11.1 Å². The van der Waals surface area contributed by atoms with Gasteiger partial charge in [0.1, 0.15) is 17.5 Å². The summed E-state index contributed by atoms with van der Waals surface area (Å²) in [6.45, 7) is 4.51. The lowest BCUT2D eigenvalue weighted by Crippen LogP contribution is -2.54. The minimum absolute atomic E-state index is 0.0434. The molecule has 0 fully saturated rings. The number of ether oxygens (including phenoxy) is 2. The molecule has 11 nitrogen and oxygen atoms in total. The average molecular weight is 582 g/mol. The van der Waals surface area contributed by atoms with Crippen LogP contribution in [0.2, 0.25) is 0 Å². The van der Waals surface area contributed by atoms with Crippen LogP contribution in [0.1, 0.15) is 48.2 Å². The Kier molecular flexibility index (Phi) is 12.2. The summed E-state index contributed by atoms with van der Waals surface area (Å²) in [5.41, 5.74) is 7.55. The van der Waals surface area contributed by atoms with Gasteiger partial charge in [0.05, 0.1) is 27.3 Å². The van der Waals surface area contributed by atoms with Gasteiger partial charge in [0.25, 0.3) is 5.91 Å². The third-order valence-corrected chi connectivity index (χ3v) is 7.04. The SMILES string of the molecule is COc1ccc(C[C@@H]2NC(=O)c3ccc(OC)c(c3)CCCNC(=O)CN(CC(N)=O)C[C@H](CC(C)C)NC2=O)cc1. The predicted molar refractivity (Wildman–Crippen MR) is 159 cm³/mol. The van der Waals surface area contributed by atoms with E-state index in [1.54, 1.807) is 49.5 Å². The molecule has 5 N–H and O–H groups in total. The Morgan fingerprint density at radius 1 is 1.05 bits per heavy atom. The number of rotatable bonds is 8. The smallest absolute Gasteiger partial charge is 0.251 e. The monoisotopic (exact) mass is 581 g/mol. The number of hydrogen-bond donors (Lipinski definition) is 4. The van der Waals surface area contributed by atoms with Crippen molar-refractivity contribution in [3.05, 3.63) is 59.2 Å². The zero-order valence-electron chi connectivity index (χ0n) is 24.9. The van der Waals surface area contributed by atoms with Crippen molar-refractivity contribution >= 4 is 23.6 Å². The number of methoxy groups -OCH3 is 2. The topological polar surface area (TPSA) is 152 Å². The van der Waals surface area contributed by atoms with E-state index in [2.05, 4.69) is 16.0 Å². The second-order valence-electron chi connectivity index (χ2n) is 11.0. The van der Waals surface area contributed by atoms with Gasteiger partial charge in [0, 0.05) is 31.1 Å². The van der Waals surface area contributed by atoms with Crippen molar-refractivity contribution in [2.24, 2.45) is 11.7 Å². The maximum Gasteiger partial charge on any atom is 0.251 e. The third-order valence-electron chi connectivity index (χ3n) is 7.04. The quantitative estimate of drug-likeness (QED) is 0.368. The molecular formula is C31H43N5O6. The number of nitrogens with two attached hydrogens (primary N) is 1. The lowest BCUT2D eigenvalue weighted by Gasteiger charge is -2.29. The van der Waals surface area contributed by atoms with E-state index in [1.165, 1.54) is 0 Å². The minimum Gasteiger partial charge on any atom is -0.497 e. The first-order chi connectivity index (χ1) is 20.1. The van der Waals surface area contributed by atoms with E-state index < -0.39 is 18.0 Å². The molecule has 0 aliphatic carbocycles. The minimum atomic E-state index is -0.894. The fourth-order valence-corrected chi connectivity index (χ4v) is 5.10. The molecular weight excluding hydrogens is 538 g/mol. The summed E-state index contributed by atoms with van der Waals surface area (Å²) in [6.07, 6.45) is 2.00. The molecule has 4 amide bonds. The van der Waals surface area contributed by atoms with Crippen molar-refractivity contribution in [2.75, 3.05) is 40.4 Å². The van der Waals surface area contributed by atoms with Crippen LogP contribution in [0, 0.1) is 5.92 Å². The first-order valence-electron chi connectivity index (χ1n) is 14.3. The predicted octanol–water partition coefficient (Wildman–Crippen LogP) is 1.43. The van der Waals surface area contributed by atoms with Crippen molar-refractivity contribution in [3.8, 4) is 11.5 Å². The van der Waals surface area contributed by atoms with Gasteiger partial charge in [-0.1, -0.05) is 26.0 Å². The van der Waals surface area contributed by atoms with Crippen molar-refractivity contribution in [1.29, 1.82) is 0 Å². The molecule has 228 valence electrons. The van der Waals surface area contributed by atoms with E-state index in [4.69, 9.17) is 15.2 Å². The van der Waals surface area contributed by atoms with E-state index in [-0.39, 0.29) is 49.7 Å². The van der Waals surface area contributed by atoms with Crippen molar-refractivity contribution in [2.45, 2.75) is 51.6 Å². The molecule has 1 heterocycles. The Balaban J connectivity index is 1.98. The van der Waals surface area contributed by atoms with Crippen molar-refractivity contribution in [3.63, 3.8) is 0 Å². The van der Waals surface area contributed by atoms with E-state index in [1.807, 2.05) is 26.0 Å². The lowest BCUT2D eigenvalue weighted by atomic mass is 10.0. The Bertz CT molecular complexity index is 1230. The van der Waals surface area contributed by atoms with Crippen molar-refractivity contribution in [1.82, 2.24) is 20.9 Å². The number of primary amides is 1. The number of nitrogens with one attached hydrogen (secondary N) is 3. The molecule has 3 rings (SSSR count). The first-order valence-corrected chi connectivity index (χ1v) is 14.3. The van der Waals surface area contributed by atoms with Gasteiger partial charge in [-0.05, 0) is 66.6 Å². The van der Waals surface area contributed by atoms with Gasteiger partial charge >= 0.3 is 0 Å². The van der Waals surface area contributed by atoms with Crippen LogP contribution in [0.25, 0.3) is 0 Å². The van der Waals surface area contributed by atoms with E-state index in [0.29, 0.717) is 42.9 Å². The molecule has 2 atom stereocenters. The van der Waals surface area contributed by atoms with Gasteiger partial charge in [0.15, 0.2) is 0 Å². The third kappa shape index (κ3) is 10.1. The number of benzene rings is 2. The molecule has 0 saturated heterocycles. The highest BCUT2D eigenvalue weighted by Crippen LogP contribution is 2.22. The average Bonchev–Trinajstić information content (AvgIpc) is 2.94. The zero-order valence-corrected chi connectivity index (χ0v) is 24.9. The molecule has 42 heavy (non-hydrogen) atoms. The number of carbonyl (C=O) groups excluding carboxylic acids is 4. The largest absolute Gasteiger partial charge is 0.497 e. The molecule has 1 aliphatic rings. The van der Waals surface area contributed by atoms with Gasteiger partial charge in [0.2, 0.25) is 17.7 Å². The van der Waals surface area contributed by atoms with Crippen molar-refractivity contribution < 1.29 is 28.7 Å². The highest BCUT2D eigenvalue weighted by molar-refractivity contribution is 5.98. The first kappa shape index (κ1) is 32.4. The number of fused-ring (bicyclic) bond motifs is 2. The van der Waals surface area contributed by atoms with Gasteiger partial charge in [-0.15, -0.1) is 0 Å². The van der Waals surface area contributed by atoms with Gasteiger partial charge < -0.3 is 31.2 Å². The number of amides is 4. The van der Waals surface area contributed by atoms with Crippen LogP contribution in [-0.2, 0) is 27.2 Å². The highest BCUT2D eigenvalue weighted by atomic mass is 16.5. The van der Waals surface area contributed by atoms with Crippen LogP contribution in [0.4, 0.5) is 0 Å². The Morgan fingerprint density at radius 2 is 1.79 bits per heavy atom. The number of carbonyl (C=O) groups is 4. The summed E-state index contributed by atoms with van der Waals surface area (Å²) in [5.74, 6) is -0.0484. The second-order valence-corrected chi connectivity index (χ2v) is 11.0. The van der Waals surface area contributed by atoms with E-state index in [9.17, 15) is 19.2 Å². The molecule has 0 saturated carbocycles. The molecule has 0 unspecified atom stereocenters. The molecule has 0 radical (unpaired) electrons. The summed E-state index contributed by atoms with van der Waals surface area (Å²) in [7, 11) is 3.14. The van der Waals surface area contributed by atoms with E-state index >= 15 is 0 Å². The Hall–Kier alpha value is -4.12. The fraction of sp³-hybridized carbons (Fsp3) is 0.484. The van der Waals surface area contributed by atoms with Crippen LogP contribution < -0.4 is 31.2 Å². The van der Waals surface area contributed by atoms with Gasteiger partial charge in [-0.25, -0.2) is 0 Å². The number of aryl methyl sites for hydroxylation is 1. The molecule has 0 aromatic heterocycles. The maximum absolute atomic E-state index is 13.8. The Labute approximate surface area is 247 Å². The second kappa shape index (κ2) is 15.8. The summed E-state index contributed by atoms with van der Waals surface area (Å²) in [5, 5.41) is 8.90. The van der Waals surface area contributed by atoms with Crippen LogP contribution in [0.5, 0.6) is 11.5 Å². The molecule has 2 bridgehead atoms. The van der Waals surface area contributed by atoms with Crippen LogP contribution in [0.15, 0.2) is 42.5 Å². The molecule has 11 heteroatoms. The normalized spacial score (nSPS) is 19.3. The molecule has 0 spiro atoms. The number of nitrogens with zero attached hydrogens (tertiary/aromatic N) is 1. The Morgan fingerprint density at radius 3 is 2.43 bits per heavy atom. The summed E-state index contributed by atoms with van der Waals surface area (Å²) < 4.78 is 10.7. The molecule has 2 aromatic carbocycles. The molecule has 2 aromatic rings. The van der Waals surface area contributed by atoms with Gasteiger partial charge in [-0.2, -0.15) is 0 Å². The fourth-order valence-electron chi connectivity index (χ4n) is 5.10. The number of hydrogen-bond acceptors (Lipinski definition) is 7. The van der Waals surface area contributed by atoms with Crippen LogP contribution in [-0.4, -0.2) is 81.0 Å². The zero-order chi connectivity index (χ0) is 30.6. The summed E-state index contributed by atoms with van der Waals surface area (Å²) in [6, 6.07) is 11.2. The van der Waals surface area contributed by atoms with Crippen LogP contribution in [0.3, 0.4) is 0 Å². The highest BCUT2D eigenvalue weighted by Gasteiger charge is 2.27. The summed E-state index contributed by atoms with van der Waals surface area (Å²) >= 11 is 0. The van der Waals surface area contributed by atoms with Gasteiger partial charge in [-0.3, -0.25) is 24.1 Å². The lowest BCUT2D eigenvalue weighted by molar-refractivity contribution is -0.124. The van der Waals surface area contributed by atoms with Crippen LogP contribution >= 0.6 is 0 Å². The summed E-state index contributed by atoms with van der Waals surface area (Å²) in [4.78, 5) is 53.5.